The summed E-state index contributed by atoms with van der Waals surface area (Å²) in [6, 6.07) is 4.32. The van der Waals surface area contributed by atoms with E-state index in [1.54, 1.807) is 6.92 Å². The maximum atomic E-state index is 13.6. The minimum atomic E-state index is -2.87. The van der Waals surface area contributed by atoms with Crippen molar-refractivity contribution in [3.63, 3.8) is 0 Å². The first kappa shape index (κ1) is 22.4. The maximum absolute atomic E-state index is 13.6. The summed E-state index contributed by atoms with van der Waals surface area (Å²) in [4.78, 5) is 23.8. The van der Waals surface area contributed by atoms with Crippen molar-refractivity contribution in [2.75, 3.05) is 18.6 Å². The Morgan fingerprint density at radius 3 is 2.52 bits per heavy atom. The molecule has 0 unspecified atom stereocenters. The number of alkyl halides is 2. The Morgan fingerprint density at radius 2 is 1.93 bits per heavy atom. The van der Waals surface area contributed by atoms with Crippen LogP contribution in [0.25, 0.3) is 11.4 Å². The number of halogens is 2. The third-order valence-electron chi connectivity index (χ3n) is 4.02. The van der Waals surface area contributed by atoms with Crippen molar-refractivity contribution in [2.24, 2.45) is 11.7 Å². The largest absolute Gasteiger partial charge is 0.490 e. The zero-order chi connectivity index (χ0) is 21.8. The van der Waals surface area contributed by atoms with Crippen LogP contribution in [0.15, 0.2) is 24.4 Å². The lowest BCUT2D eigenvalue weighted by Crippen LogP contribution is -2.43. The van der Waals surface area contributed by atoms with E-state index in [2.05, 4.69) is 15.0 Å². The molecule has 0 radical (unpaired) electrons. The van der Waals surface area contributed by atoms with E-state index in [1.165, 1.54) is 31.4 Å². The molecule has 2 heterocycles. The number of carboxylic acid groups (broad SMARTS) is 1. The third kappa shape index (κ3) is 6.05. The highest BCUT2D eigenvalue weighted by Gasteiger charge is 2.24. The van der Waals surface area contributed by atoms with E-state index < -0.39 is 23.8 Å². The molecule has 0 aromatic carbocycles. The summed E-state index contributed by atoms with van der Waals surface area (Å²) in [6.45, 7) is 5.90. The lowest BCUT2D eigenvalue weighted by molar-refractivity contribution is 0.134. The monoisotopic (exact) mass is 409 g/mol. The number of ether oxygens (including phenoxy) is 1. The van der Waals surface area contributed by atoms with Crippen LogP contribution in [0.4, 0.5) is 19.5 Å². The first-order valence-electron chi connectivity index (χ1n) is 9.01. The SMILES string of the molecule is CC(C)C[C@](C)(N)COc1ccc(-c2ccnc(N(C)C(=O)O)n2)nc1C(F)F. The van der Waals surface area contributed by atoms with Gasteiger partial charge >= 0.3 is 6.09 Å². The van der Waals surface area contributed by atoms with Crippen molar-refractivity contribution < 1.29 is 23.4 Å². The molecular weight excluding hydrogens is 384 g/mol. The summed E-state index contributed by atoms with van der Waals surface area (Å²) in [6.07, 6.45) is -2.12. The van der Waals surface area contributed by atoms with Gasteiger partial charge in [-0.15, -0.1) is 0 Å². The second kappa shape index (κ2) is 9.08. The van der Waals surface area contributed by atoms with Gasteiger partial charge in [0.25, 0.3) is 6.43 Å². The topological polar surface area (TPSA) is 114 Å². The molecule has 0 bridgehead atoms. The van der Waals surface area contributed by atoms with Gasteiger partial charge in [0.2, 0.25) is 5.95 Å². The first-order chi connectivity index (χ1) is 13.5. The predicted molar refractivity (Wildman–Crippen MR) is 104 cm³/mol. The molecule has 2 aromatic heterocycles. The number of aromatic nitrogens is 3. The van der Waals surface area contributed by atoms with Crippen molar-refractivity contribution >= 4 is 12.0 Å². The molecule has 10 heteroatoms. The minimum Gasteiger partial charge on any atom is -0.490 e. The Kier molecular flexibility index (Phi) is 7.02. The third-order valence-corrected chi connectivity index (χ3v) is 4.02. The molecule has 0 aliphatic rings. The quantitative estimate of drug-likeness (QED) is 0.683. The molecule has 0 aliphatic carbocycles. The van der Waals surface area contributed by atoms with E-state index in [-0.39, 0.29) is 29.7 Å². The molecule has 0 spiro atoms. The molecule has 1 amide bonds. The Hall–Kier alpha value is -2.88. The minimum absolute atomic E-state index is 0.0545. The molecule has 0 saturated carbocycles. The Bertz CT molecular complexity index is 861. The van der Waals surface area contributed by atoms with Crippen LogP contribution in [-0.2, 0) is 0 Å². The fourth-order valence-electron chi connectivity index (χ4n) is 2.86. The van der Waals surface area contributed by atoms with Crippen LogP contribution in [0.5, 0.6) is 5.75 Å². The smallest absolute Gasteiger partial charge is 0.413 e. The van der Waals surface area contributed by atoms with Crippen LogP contribution in [0.3, 0.4) is 0 Å². The lowest BCUT2D eigenvalue weighted by atomic mass is 9.93. The molecule has 0 saturated heterocycles. The van der Waals surface area contributed by atoms with E-state index in [0.717, 1.165) is 4.90 Å². The van der Waals surface area contributed by atoms with Crippen LogP contribution in [0.1, 0.15) is 39.3 Å². The van der Waals surface area contributed by atoms with Gasteiger partial charge in [0.15, 0.2) is 0 Å². The van der Waals surface area contributed by atoms with E-state index >= 15 is 0 Å². The number of carbonyl (C=O) groups is 1. The number of nitrogens with two attached hydrogens (primary N) is 1. The van der Waals surface area contributed by atoms with Crippen LogP contribution in [0.2, 0.25) is 0 Å². The number of hydrogen-bond donors (Lipinski definition) is 2. The van der Waals surface area contributed by atoms with Crippen LogP contribution in [-0.4, -0.2) is 45.3 Å². The second-order valence-electron chi connectivity index (χ2n) is 7.50. The van der Waals surface area contributed by atoms with E-state index in [9.17, 15) is 13.6 Å². The van der Waals surface area contributed by atoms with Crippen molar-refractivity contribution in [2.45, 2.75) is 39.2 Å². The van der Waals surface area contributed by atoms with Gasteiger partial charge in [0.1, 0.15) is 18.1 Å². The van der Waals surface area contributed by atoms with E-state index in [4.69, 9.17) is 15.6 Å². The van der Waals surface area contributed by atoms with Gasteiger partial charge < -0.3 is 15.6 Å². The van der Waals surface area contributed by atoms with Gasteiger partial charge in [-0.25, -0.2) is 33.4 Å². The molecular formula is C19H25F2N5O3. The summed E-state index contributed by atoms with van der Waals surface area (Å²) in [5, 5.41) is 9.03. The number of pyridine rings is 1. The molecule has 3 N–H and O–H groups in total. The molecule has 29 heavy (non-hydrogen) atoms. The van der Waals surface area contributed by atoms with Gasteiger partial charge in [-0.05, 0) is 37.5 Å². The standard InChI is InChI=1S/C19H25F2N5O3/c1-11(2)9-19(3,22)10-29-14-6-5-12(24-15(14)16(20)21)13-7-8-23-17(25-13)26(4)18(27)28/h5-8,11,16H,9-10,22H2,1-4H3,(H,27,28)/t19-/m0/s1. The van der Waals surface area contributed by atoms with Gasteiger partial charge in [-0.1, -0.05) is 13.8 Å². The van der Waals surface area contributed by atoms with Gasteiger partial charge in [-0.3, -0.25) is 0 Å². The number of anilines is 1. The van der Waals surface area contributed by atoms with Crippen molar-refractivity contribution in [1.82, 2.24) is 15.0 Å². The number of hydrogen-bond acceptors (Lipinski definition) is 6. The van der Waals surface area contributed by atoms with Crippen LogP contribution >= 0.6 is 0 Å². The summed E-state index contributed by atoms with van der Waals surface area (Å²) < 4.78 is 32.7. The van der Waals surface area contributed by atoms with E-state index in [0.29, 0.717) is 12.3 Å². The number of amides is 1. The average molecular weight is 409 g/mol. The Balaban J connectivity index is 2.30. The number of rotatable bonds is 8. The van der Waals surface area contributed by atoms with E-state index in [1.807, 2.05) is 13.8 Å². The number of nitrogens with zero attached hydrogens (tertiary/aromatic N) is 4. The second-order valence-corrected chi connectivity index (χ2v) is 7.50. The normalized spacial score (nSPS) is 13.4. The highest BCUT2D eigenvalue weighted by atomic mass is 19.3. The Labute approximate surface area is 167 Å². The van der Waals surface area contributed by atoms with Crippen LogP contribution < -0.4 is 15.4 Å². The average Bonchev–Trinajstić information content (AvgIpc) is 2.64. The highest BCUT2D eigenvalue weighted by Crippen LogP contribution is 2.31. The first-order valence-corrected chi connectivity index (χ1v) is 9.01. The fourth-order valence-corrected chi connectivity index (χ4v) is 2.86. The summed E-state index contributed by atoms with van der Waals surface area (Å²) in [7, 11) is 1.28. The van der Waals surface area contributed by atoms with Gasteiger partial charge in [-0.2, -0.15) is 0 Å². The summed E-state index contributed by atoms with van der Waals surface area (Å²) in [5.41, 5.74) is 5.33. The molecule has 0 fully saturated rings. The summed E-state index contributed by atoms with van der Waals surface area (Å²) in [5.74, 6) is 0.184. The van der Waals surface area contributed by atoms with Gasteiger partial charge in [0.05, 0.1) is 11.4 Å². The van der Waals surface area contributed by atoms with Crippen molar-refractivity contribution in [1.29, 1.82) is 0 Å². The highest BCUT2D eigenvalue weighted by molar-refractivity contribution is 5.83. The molecule has 2 aromatic rings. The van der Waals surface area contributed by atoms with Crippen molar-refractivity contribution in [3.05, 3.63) is 30.1 Å². The molecule has 2 rings (SSSR count). The molecule has 158 valence electrons. The van der Waals surface area contributed by atoms with Crippen molar-refractivity contribution in [3.8, 4) is 17.1 Å². The molecule has 1 atom stereocenters. The maximum Gasteiger partial charge on any atom is 0.413 e. The zero-order valence-corrected chi connectivity index (χ0v) is 16.8. The zero-order valence-electron chi connectivity index (χ0n) is 16.8. The van der Waals surface area contributed by atoms with Gasteiger partial charge in [0, 0.05) is 18.8 Å². The molecule has 8 nitrogen and oxygen atoms in total. The fraction of sp³-hybridized carbons (Fsp3) is 0.474. The predicted octanol–water partition coefficient (Wildman–Crippen LogP) is 3.73. The molecule has 0 aliphatic heterocycles. The Morgan fingerprint density at radius 1 is 1.28 bits per heavy atom. The summed E-state index contributed by atoms with van der Waals surface area (Å²) >= 11 is 0. The van der Waals surface area contributed by atoms with Crippen LogP contribution in [0, 0.1) is 5.92 Å². The lowest BCUT2D eigenvalue weighted by Gasteiger charge is -2.27.